The van der Waals surface area contributed by atoms with Gasteiger partial charge in [0.05, 0.1) is 18.0 Å². The average molecular weight is 519 g/mol. The number of esters is 1. The Morgan fingerprint density at radius 2 is 1.84 bits per heavy atom. The minimum absolute atomic E-state index is 0.0163. The Hall–Kier alpha value is -3.85. The zero-order chi connectivity index (χ0) is 26.9. The van der Waals surface area contributed by atoms with E-state index in [1.807, 2.05) is 52.1 Å². The van der Waals surface area contributed by atoms with Gasteiger partial charge in [-0.1, -0.05) is 0 Å². The van der Waals surface area contributed by atoms with Crippen LogP contribution in [0.1, 0.15) is 39.2 Å². The van der Waals surface area contributed by atoms with Crippen molar-refractivity contribution in [1.82, 2.24) is 20.3 Å². The van der Waals surface area contributed by atoms with Crippen molar-refractivity contribution in [2.24, 2.45) is 5.92 Å². The number of aromatic nitrogens is 3. The van der Waals surface area contributed by atoms with Crippen LogP contribution in [-0.4, -0.2) is 52.8 Å². The number of piperidine rings is 1. The van der Waals surface area contributed by atoms with Gasteiger partial charge >= 0.3 is 5.97 Å². The van der Waals surface area contributed by atoms with Crippen LogP contribution in [0.25, 0.3) is 21.8 Å². The van der Waals surface area contributed by atoms with Crippen LogP contribution in [0.3, 0.4) is 0 Å². The Balaban J connectivity index is 1.48. The number of nitrogens with zero attached hydrogens (tertiary/aromatic N) is 2. The third-order valence-electron chi connectivity index (χ3n) is 6.66. The van der Waals surface area contributed by atoms with Crippen molar-refractivity contribution in [3.05, 3.63) is 48.4 Å². The lowest BCUT2D eigenvalue weighted by atomic mass is 9.92. The molecule has 1 aliphatic heterocycles. The smallest absolute Gasteiger partial charge is 0.348 e. The highest BCUT2D eigenvalue weighted by molar-refractivity contribution is 5.88. The summed E-state index contributed by atoms with van der Waals surface area (Å²) in [6.07, 6.45) is 4.27. The molecule has 9 nitrogen and oxygen atoms in total. The second-order valence-corrected chi connectivity index (χ2v) is 10.6. The molecule has 0 aliphatic carbocycles. The first kappa shape index (κ1) is 25.8. The number of hydrogen-bond donors (Lipinski definition) is 2. The van der Waals surface area contributed by atoms with Gasteiger partial charge in [0.15, 0.2) is 17.6 Å². The Morgan fingerprint density at radius 3 is 2.58 bits per heavy atom. The van der Waals surface area contributed by atoms with Gasteiger partial charge in [-0.3, -0.25) is 0 Å². The van der Waals surface area contributed by atoms with E-state index in [0.717, 1.165) is 42.4 Å². The fourth-order valence-corrected chi connectivity index (χ4v) is 4.77. The number of H-pyrrole nitrogens is 1. The first-order chi connectivity index (χ1) is 18.2. The summed E-state index contributed by atoms with van der Waals surface area (Å²) in [4.78, 5) is 25.3. The third-order valence-corrected chi connectivity index (χ3v) is 6.66. The molecule has 2 aromatic heterocycles. The molecule has 0 spiro atoms. The Bertz CT molecular complexity index is 1450. The van der Waals surface area contributed by atoms with Gasteiger partial charge in [0.25, 0.3) is 0 Å². The highest BCUT2D eigenvalue weighted by Gasteiger charge is 2.35. The van der Waals surface area contributed by atoms with Crippen LogP contribution >= 0.6 is 0 Å². The monoisotopic (exact) mass is 518 g/mol. The number of aromatic amines is 1. The first-order valence-electron chi connectivity index (χ1n) is 12.9. The molecular formula is C29H34N4O5. The number of hydrogen-bond acceptors (Lipinski definition) is 8. The molecule has 1 aliphatic rings. The molecular weight excluding hydrogens is 484 g/mol. The van der Waals surface area contributed by atoms with E-state index < -0.39 is 11.7 Å². The molecule has 0 radical (unpaired) electrons. The molecule has 0 saturated carbocycles. The molecule has 3 heterocycles. The SMILES string of the molecule is COc1cc2c(Oc3ccc4[nH]cc(C)c4c3)ncnc2cc1OC(C(=O)OC(C)(C)C)C1CCNCC1. The second kappa shape index (κ2) is 10.5. The molecule has 2 N–H and O–H groups in total. The summed E-state index contributed by atoms with van der Waals surface area (Å²) in [5.74, 6) is 1.57. The molecule has 1 atom stereocenters. The maximum atomic E-state index is 13.2. The van der Waals surface area contributed by atoms with Crippen LogP contribution in [0.5, 0.6) is 23.1 Å². The largest absolute Gasteiger partial charge is 0.493 e. The van der Waals surface area contributed by atoms with Gasteiger partial charge in [0.1, 0.15) is 17.7 Å². The molecule has 4 aromatic rings. The number of carbonyl (C=O) groups is 1. The quantitative estimate of drug-likeness (QED) is 0.317. The number of fused-ring (bicyclic) bond motifs is 2. The number of carbonyl (C=O) groups excluding carboxylic acids is 1. The van der Waals surface area contributed by atoms with Crippen molar-refractivity contribution < 1.29 is 23.7 Å². The van der Waals surface area contributed by atoms with Crippen molar-refractivity contribution >= 4 is 27.8 Å². The van der Waals surface area contributed by atoms with Gasteiger partial charge in [0.2, 0.25) is 5.88 Å². The van der Waals surface area contributed by atoms with Crippen LogP contribution in [0.15, 0.2) is 42.9 Å². The molecule has 0 bridgehead atoms. The molecule has 200 valence electrons. The zero-order valence-corrected chi connectivity index (χ0v) is 22.5. The molecule has 0 amide bonds. The Morgan fingerprint density at radius 1 is 1.05 bits per heavy atom. The summed E-state index contributed by atoms with van der Waals surface area (Å²) in [5, 5.41) is 5.09. The summed E-state index contributed by atoms with van der Waals surface area (Å²) in [5.41, 5.74) is 2.16. The van der Waals surface area contributed by atoms with E-state index in [1.54, 1.807) is 19.2 Å². The Labute approximate surface area is 221 Å². The number of aryl methyl sites for hydroxylation is 1. The summed E-state index contributed by atoms with van der Waals surface area (Å²) in [7, 11) is 1.56. The summed E-state index contributed by atoms with van der Waals surface area (Å²) < 4.78 is 24.0. The highest BCUT2D eigenvalue weighted by atomic mass is 16.6. The number of ether oxygens (including phenoxy) is 4. The third kappa shape index (κ3) is 5.52. The summed E-state index contributed by atoms with van der Waals surface area (Å²) in [6.45, 7) is 9.26. The number of nitrogens with one attached hydrogen (secondary N) is 2. The van der Waals surface area contributed by atoms with E-state index in [4.69, 9.17) is 18.9 Å². The molecule has 2 aromatic carbocycles. The normalized spacial score (nSPS) is 15.4. The van der Waals surface area contributed by atoms with E-state index in [0.29, 0.717) is 34.0 Å². The van der Waals surface area contributed by atoms with E-state index >= 15 is 0 Å². The zero-order valence-electron chi connectivity index (χ0n) is 22.5. The van der Waals surface area contributed by atoms with Crippen molar-refractivity contribution in [2.45, 2.75) is 52.2 Å². The summed E-state index contributed by atoms with van der Waals surface area (Å²) in [6, 6.07) is 9.40. The van der Waals surface area contributed by atoms with Crippen molar-refractivity contribution in [3.63, 3.8) is 0 Å². The van der Waals surface area contributed by atoms with Crippen LogP contribution in [0.4, 0.5) is 0 Å². The second-order valence-electron chi connectivity index (χ2n) is 10.6. The van der Waals surface area contributed by atoms with E-state index in [-0.39, 0.29) is 11.9 Å². The number of benzene rings is 2. The standard InChI is InChI=1S/C29H34N4O5/c1-17-15-31-22-7-6-19(12-20(17)22)36-27-21-13-24(35-5)25(14-23(21)32-16-33-27)37-26(18-8-10-30-11-9-18)28(34)38-29(2,3)4/h6-7,12-16,18,26,30-31H,8-11H2,1-5H3. The molecule has 1 fully saturated rings. The van der Waals surface area contributed by atoms with Gasteiger partial charge in [0, 0.05) is 29.1 Å². The lowest BCUT2D eigenvalue weighted by Gasteiger charge is -2.32. The maximum Gasteiger partial charge on any atom is 0.348 e. The topological polar surface area (TPSA) is 108 Å². The first-order valence-corrected chi connectivity index (χ1v) is 12.9. The molecule has 1 saturated heterocycles. The van der Waals surface area contributed by atoms with Crippen molar-refractivity contribution in [3.8, 4) is 23.1 Å². The highest BCUT2D eigenvalue weighted by Crippen LogP contribution is 2.38. The predicted octanol–water partition coefficient (Wildman–Crippen LogP) is 5.31. The fourth-order valence-electron chi connectivity index (χ4n) is 4.77. The lowest BCUT2D eigenvalue weighted by molar-refractivity contribution is -0.166. The summed E-state index contributed by atoms with van der Waals surface area (Å²) >= 11 is 0. The van der Waals surface area contributed by atoms with Crippen LogP contribution in [0, 0.1) is 12.8 Å². The minimum Gasteiger partial charge on any atom is -0.493 e. The molecule has 38 heavy (non-hydrogen) atoms. The van der Waals surface area contributed by atoms with Crippen LogP contribution in [-0.2, 0) is 9.53 Å². The van der Waals surface area contributed by atoms with E-state index in [1.165, 1.54) is 6.33 Å². The predicted molar refractivity (Wildman–Crippen MR) is 145 cm³/mol. The number of methoxy groups -OCH3 is 1. The Kier molecular flexibility index (Phi) is 7.12. The van der Waals surface area contributed by atoms with Crippen molar-refractivity contribution in [1.29, 1.82) is 0 Å². The van der Waals surface area contributed by atoms with Gasteiger partial charge in [-0.05, 0) is 83.5 Å². The van der Waals surface area contributed by atoms with Gasteiger partial charge in [-0.25, -0.2) is 14.8 Å². The molecule has 1 unspecified atom stereocenters. The van der Waals surface area contributed by atoms with Crippen molar-refractivity contribution in [2.75, 3.05) is 20.2 Å². The van der Waals surface area contributed by atoms with E-state index in [9.17, 15) is 4.79 Å². The van der Waals surface area contributed by atoms with E-state index in [2.05, 4.69) is 20.3 Å². The molecule has 5 rings (SSSR count). The molecule has 9 heteroatoms. The fraction of sp³-hybridized carbons (Fsp3) is 0.414. The average Bonchev–Trinajstić information content (AvgIpc) is 3.26. The van der Waals surface area contributed by atoms with Gasteiger partial charge in [-0.15, -0.1) is 0 Å². The number of rotatable bonds is 7. The van der Waals surface area contributed by atoms with Gasteiger partial charge < -0.3 is 29.2 Å². The van der Waals surface area contributed by atoms with Gasteiger partial charge in [-0.2, -0.15) is 0 Å². The maximum absolute atomic E-state index is 13.2. The van der Waals surface area contributed by atoms with Crippen LogP contribution in [0.2, 0.25) is 0 Å². The minimum atomic E-state index is -0.767. The van der Waals surface area contributed by atoms with Crippen LogP contribution < -0.4 is 19.5 Å². The lowest BCUT2D eigenvalue weighted by Crippen LogP contribution is -2.44.